The molecule has 0 saturated carbocycles. The van der Waals surface area contributed by atoms with E-state index in [0.29, 0.717) is 38.2 Å². The maximum Gasteiger partial charge on any atom is 0.253 e. The van der Waals surface area contributed by atoms with E-state index in [1.165, 1.54) is 0 Å². The van der Waals surface area contributed by atoms with E-state index in [0.717, 1.165) is 11.1 Å². The zero-order valence-corrected chi connectivity index (χ0v) is 17.6. The molecule has 2 aliphatic heterocycles. The Hall–Kier alpha value is -1.93. The zero-order chi connectivity index (χ0) is 20.5. The molecule has 1 atom stereocenters. The van der Waals surface area contributed by atoms with Gasteiger partial charge in [-0.05, 0) is 39.3 Å². The molecular formula is C20H29N3O4S. The lowest BCUT2D eigenvalue weighted by atomic mass is 10.0. The largest absolute Gasteiger partial charge is 0.349 e. The second-order valence-corrected chi connectivity index (χ2v) is 10.6. The maximum absolute atomic E-state index is 12.7. The lowest BCUT2D eigenvalue weighted by Gasteiger charge is -2.35. The molecule has 154 valence electrons. The molecule has 1 aromatic rings. The van der Waals surface area contributed by atoms with Gasteiger partial charge in [-0.15, -0.1) is 0 Å². The van der Waals surface area contributed by atoms with Crippen LogP contribution in [0.2, 0.25) is 0 Å². The molecule has 8 heteroatoms. The molecule has 1 unspecified atom stereocenters. The summed E-state index contributed by atoms with van der Waals surface area (Å²) in [6, 6.07) is 5.86. The molecule has 28 heavy (non-hydrogen) atoms. The molecule has 1 aromatic carbocycles. The van der Waals surface area contributed by atoms with Gasteiger partial charge in [0.1, 0.15) is 0 Å². The monoisotopic (exact) mass is 407 g/mol. The van der Waals surface area contributed by atoms with E-state index in [2.05, 4.69) is 5.32 Å². The first-order chi connectivity index (χ1) is 13.1. The van der Waals surface area contributed by atoms with Crippen molar-refractivity contribution in [2.45, 2.75) is 32.7 Å². The summed E-state index contributed by atoms with van der Waals surface area (Å²) in [5.74, 6) is 0.000634. The van der Waals surface area contributed by atoms with Gasteiger partial charge in [-0.2, -0.15) is 0 Å². The molecule has 2 heterocycles. The molecule has 0 bridgehead atoms. The van der Waals surface area contributed by atoms with Gasteiger partial charge in [-0.25, -0.2) is 8.42 Å². The molecule has 2 fully saturated rings. The van der Waals surface area contributed by atoms with E-state index in [9.17, 15) is 18.0 Å². The highest BCUT2D eigenvalue weighted by molar-refractivity contribution is 7.91. The van der Waals surface area contributed by atoms with Crippen molar-refractivity contribution in [1.82, 2.24) is 15.1 Å². The van der Waals surface area contributed by atoms with Crippen LogP contribution >= 0.6 is 0 Å². The molecule has 2 saturated heterocycles. The Morgan fingerprint density at radius 2 is 1.68 bits per heavy atom. The molecule has 0 spiro atoms. The molecular weight excluding hydrogens is 378 g/mol. The third kappa shape index (κ3) is 5.11. The Labute approximate surface area is 167 Å². The lowest BCUT2D eigenvalue weighted by molar-refractivity contribution is -0.124. The van der Waals surface area contributed by atoms with Gasteiger partial charge in [0.2, 0.25) is 5.91 Å². The van der Waals surface area contributed by atoms with Crippen LogP contribution in [-0.4, -0.2) is 79.8 Å². The van der Waals surface area contributed by atoms with Gasteiger partial charge in [0, 0.05) is 31.7 Å². The van der Waals surface area contributed by atoms with Gasteiger partial charge in [0.15, 0.2) is 9.84 Å². The van der Waals surface area contributed by atoms with Crippen LogP contribution in [0.4, 0.5) is 0 Å². The van der Waals surface area contributed by atoms with Crippen molar-refractivity contribution in [2.75, 3.05) is 44.2 Å². The zero-order valence-electron chi connectivity index (χ0n) is 16.8. The first-order valence-corrected chi connectivity index (χ1v) is 11.5. The SMILES string of the molecule is Cc1cc(C)cc(C(=O)N2CCN(CC(=O)NC3(C)CCS(=O)(=O)C3)CC2)c1. The third-order valence-corrected chi connectivity index (χ3v) is 7.34. The fraction of sp³-hybridized carbons (Fsp3) is 0.600. The Balaban J connectivity index is 1.50. The minimum absolute atomic E-state index is 0.00390. The van der Waals surface area contributed by atoms with Crippen LogP contribution in [0.5, 0.6) is 0 Å². The summed E-state index contributed by atoms with van der Waals surface area (Å²) in [7, 11) is -3.05. The van der Waals surface area contributed by atoms with E-state index >= 15 is 0 Å². The van der Waals surface area contributed by atoms with E-state index in [1.54, 1.807) is 6.92 Å². The number of nitrogens with one attached hydrogen (secondary N) is 1. The summed E-state index contributed by atoms with van der Waals surface area (Å²) in [5, 5.41) is 2.89. The van der Waals surface area contributed by atoms with Gasteiger partial charge in [0.05, 0.1) is 23.6 Å². The van der Waals surface area contributed by atoms with Crippen LogP contribution in [0.25, 0.3) is 0 Å². The van der Waals surface area contributed by atoms with Gasteiger partial charge in [0.25, 0.3) is 5.91 Å². The number of nitrogens with zero attached hydrogens (tertiary/aromatic N) is 2. The first kappa shape index (κ1) is 20.8. The van der Waals surface area contributed by atoms with E-state index in [1.807, 2.05) is 41.8 Å². The smallest absolute Gasteiger partial charge is 0.253 e. The molecule has 3 rings (SSSR count). The lowest BCUT2D eigenvalue weighted by Crippen LogP contribution is -2.54. The van der Waals surface area contributed by atoms with Crippen LogP contribution in [0.1, 0.15) is 34.8 Å². The summed E-state index contributed by atoms with van der Waals surface area (Å²) in [4.78, 5) is 28.9. The van der Waals surface area contributed by atoms with Crippen LogP contribution in [-0.2, 0) is 14.6 Å². The van der Waals surface area contributed by atoms with Gasteiger partial charge in [-0.1, -0.05) is 17.2 Å². The van der Waals surface area contributed by atoms with Crippen molar-refractivity contribution in [2.24, 2.45) is 0 Å². The van der Waals surface area contributed by atoms with E-state index in [-0.39, 0.29) is 29.9 Å². The number of rotatable bonds is 4. The quantitative estimate of drug-likeness (QED) is 0.796. The highest BCUT2D eigenvalue weighted by Crippen LogP contribution is 2.22. The van der Waals surface area contributed by atoms with Crippen molar-refractivity contribution in [3.05, 3.63) is 34.9 Å². The molecule has 7 nitrogen and oxygen atoms in total. The van der Waals surface area contributed by atoms with E-state index < -0.39 is 15.4 Å². The van der Waals surface area contributed by atoms with Gasteiger partial charge in [-0.3, -0.25) is 14.5 Å². The number of hydrogen-bond acceptors (Lipinski definition) is 5. The highest BCUT2D eigenvalue weighted by atomic mass is 32.2. The summed E-state index contributed by atoms with van der Waals surface area (Å²) < 4.78 is 23.4. The minimum atomic E-state index is -3.05. The third-order valence-electron chi connectivity index (χ3n) is 5.44. The molecule has 0 aromatic heterocycles. The summed E-state index contributed by atoms with van der Waals surface area (Å²) in [5.41, 5.74) is 2.18. The normalized spacial score (nSPS) is 24.9. The standard InChI is InChI=1S/C20H29N3O4S/c1-15-10-16(2)12-17(11-15)19(25)23-7-5-22(6-8-23)13-18(24)21-20(3)4-9-28(26,27)14-20/h10-12H,4-9,13-14H2,1-3H3,(H,21,24). The van der Waals surface area contributed by atoms with Gasteiger partial charge >= 0.3 is 0 Å². The second-order valence-electron chi connectivity index (χ2n) is 8.40. The number of piperazine rings is 1. The molecule has 0 aliphatic carbocycles. The number of benzene rings is 1. The summed E-state index contributed by atoms with van der Waals surface area (Å²) >= 11 is 0. The fourth-order valence-electron chi connectivity index (χ4n) is 4.08. The molecule has 2 aliphatic rings. The number of amides is 2. The summed E-state index contributed by atoms with van der Waals surface area (Å²) in [6.45, 7) is 8.37. The predicted octanol–water partition coefficient (Wildman–Crippen LogP) is 0.755. The summed E-state index contributed by atoms with van der Waals surface area (Å²) in [6.07, 6.45) is 0.458. The van der Waals surface area contributed by atoms with Gasteiger partial charge < -0.3 is 10.2 Å². The van der Waals surface area contributed by atoms with E-state index in [4.69, 9.17) is 0 Å². The fourth-order valence-corrected chi connectivity index (χ4v) is 6.17. The topological polar surface area (TPSA) is 86.8 Å². The average Bonchev–Trinajstić information content (AvgIpc) is 2.86. The first-order valence-electron chi connectivity index (χ1n) is 9.67. The van der Waals surface area contributed by atoms with Crippen LogP contribution < -0.4 is 5.32 Å². The number of carbonyl (C=O) groups is 2. The van der Waals surface area contributed by atoms with Crippen LogP contribution in [0.15, 0.2) is 18.2 Å². The number of sulfone groups is 1. The number of carbonyl (C=O) groups excluding carboxylic acids is 2. The van der Waals surface area contributed by atoms with Crippen molar-refractivity contribution >= 4 is 21.7 Å². The average molecular weight is 408 g/mol. The predicted molar refractivity (Wildman–Crippen MR) is 108 cm³/mol. The van der Waals surface area contributed by atoms with Crippen LogP contribution in [0.3, 0.4) is 0 Å². The second kappa shape index (κ2) is 7.83. The Morgan fingerprint density at radius 3 is 2.21 bits per heavy atom. The van der Waals surface area contributed by atoms with Crippen molar-refractivity contribution in [1.29, 1.82) is 0 Å². The maximum atomic E-state index is 12.7. The minimum Gasteiger partial charge on any atom is -0.349 e. The molecule has 1 N–H and O–H groups in total. The number of aryl methyl sites for hydroxylation is 2. The van der Waals surface area contributed by atoms with Crippen molar-refractivity contribution < 1.29 is 18.0 Å². The van der Waals surface area contributed by atoms with Crippen molar-refractivity contribution in [3.63, 3.8) is 0 Å². The highest BCUT2D eigenvalue weighted by Gasteiger charge is 2.39. The Morgan fingerprint density at radius 1 is 1.07 bits per heavy atom. The Kier molecular flexibility index (Phi) is 5.82. The molecule has 0 radical (unpaired) electrons. The van der Waals surface area contributed by atoms with Crippen LogP contribution in [0, 0.1) is 13.8 Å². The van der Waals surface area contributed by atoms with Crippen molar-refractivity contribution in [3.8, 4) is 0 Å². The molecule has 2 amide bonds. The Bertz CT molecular complexity index is 855. The number of hydrogen-bond donors (Lipinski definition) is 1.